The van der Waals surface area contributed by atoms with Gasteiger partial charge in [-0.1, -0.05) is 114 Å². The van der Waals surface area contributed by atoms with E-state index in [9.17, 15) is 18.0 Å². The fourth-order valence-corrected chi connectivity index (χ4v) is 7.03. The van der Waals surface area contributed by atoms with Crippen molar-refractivity contribution in [2.45, 2.75) is 57.5 Å². The molecule has 0 spiro atoms. The Bertz CT molecular complexity index is 1730. The molecular weight excluding hydrogens is 641 g/mol. The maximum atomic E-state index is 14.6. The van der Waals surface area contributed by atoms with Crippen LogP contribution >= 0.6 is 23.2 Å². The van der Waals surface area contributed by atoms with Crippen molar-refractivity contribution < 1.29 is 18.0 Å². The highest BCUT2D eigenvalue weighted by Crippen LogP contribution is 2.30. The number of nitrogens with one attached hydrogen (secondary N) is 1. The minimum absolute atomic E-state index is 0.00498. The highest BCUT2D eigenvalue weighted by molar-refractivity contribution is 7.92. The number of anilines is 1. The zero-order valence-electron chi connectivity index (χ0n) is 26.2. The Kier molecular flexibility index (Phi) is 12.3. The van der Waals surface area contributed by atoms with E-state index in [0.29, 0.717) is 6.54 Å². The minimum Gasteiger partial charge on any atom is -0.354 e. The molecule has 0 radical (unpaired) electrons. The van der Waals surface area contributed by atoms with E-state index in [1.54, 1.807) is 12.1 Å². The van der Waals surface area contributed by atoms with Gasteiger partial charge < -0.3 is 10.2 Å². The summed E-state index contributed by atoms with van der Waals surface area (Å²) in [7, 11) is -4.27. The maximum absolute atomic E-state index is 14.6. The highest BCUT2D eigenvalue weighted by atomic mass is 35.5. The normalized spacial score (nSPS) is 11.9. The first-order valence-electron chi connectivity index (χ1n) is 15.2. The smallest absolute Gasteiger partial charge is 0.264 e. The second-order valence-corrected chi connectivity index (χ2v) is 14.0. The largest absolute Gasteiger partial charge is 0.354 e. The molecule has 1 atom stereocenters. The molecule has 7 nitrogen and oxygen atoms in total. The van der Waals surface area contributed by atoms with E-state index < -0.39 is 28.5 Å². The molecule has 0 saturated carbocycles. The van der Waals surface area contributed by atoms with Gasteiger partial charge in [0.1, 0.15) is 12.6 Å². The van der Waals surface area contributed by atoms with Crippen molar-refractivity contribution in [1.82, 2.24) is 10.2 Å². The molecule has 0 aromatic heterocycles. The van der Waals surface area contributed by atoms with Gasteiger partial charge in [-0.05, 0) is 61.7 Å². The van der Waals surface area contributed by atoms with Crippen LogP contribution in [-0.2, 0) is 32.6 Å². The molecule has 0 fully saturated rings. The zero-order chi connectivity index (χ0) is 33.3. The molecule has 4 rings (SSSR count). The van der Waals surface area contributed by atoms with Crippen molar-refractivity contribution >= 4 is 50.7 Å². The van der Waals surface area contributed by atoms with Crippen molar-refractivity contribution in [2.24, 2.45) is 0 Å². The standard InChI is InChI=1S/C36H39Cl2N3O4S/c1-4-5-18-39-36(43)34(20-28-11-7-6-8-12-28)40(24-29-13-9-10-27(3)19-29)35(42)25-41(32-22-30(37)21-31(38)23-32)46(44,45)33-16-14-26(2)15-17-33/h6-17,19,21-23,34H,4-5,18,20,24-25H2,1-3H3,(H,39,43)/t34-/m0/s1. The predicted octanol–water partition coefficient (Wildman–Crippen LogP) is 7.36. The number of sulfonamides is 1. The van der Waals surface area contributed by atoms with Crippen LogP contribution in [0, 0.1) is 13.8 Å². The van der Waals surface area contributed by atoms with Gasteiger partial charge in [0, 0.05) is 29.6 Å². The monoisotopic (exact) mass is 679 g/mol. The molecule has 10 heteroatoms. The predicted molar refractivity (Wildman–Crippen MR) is 186 cm³/mol. The van der Waals surface area contributed by atoms with Crippen LogP contribution in [0.4, 0.5) is 5.69 Å². The van der Waals surface area contributed by atoms with Crippen molar-refractivity contribution in [3.8, 4) is 0 Å². The topological polar surface area (TPSA) is 86.8 Å². The lowest BCUT2D eigenvalue weighted by molar-refractivity contribution is -0.140. The molecule has 1 N–H and O–H groups in total. The first-order chi connectivity index (χ1) is 22.0. The molecule has 0 unspecified atom stereocenters. The van der Waals surface area contributed by atoms with Crippen molar-refractivity contribution in [3.63, 3.8) is 0 Å². The van der Waals surface area contributed by atoms with Gasteiger partial charge in [-0.2, -0.15) is 0 Å². The quantitative estimate of drug-likeness (QED) is 0.141. The lowest BCUT2D eigenvalue weighted by Gasteiger charge is -2.34. The molecule has 0 aliphatic heterocycles. The first-order valence-corrected chi connectivity index (χ1v) is 17.4. The Morgan fingerprint density at radius 2 is 1.46 bits per heavy atom. The van der Waals surface area contributed by atoms with E-state index in [-0.39, 0.29) is 39.5 Å². The number of aryl methyl sites for hydroxylation is 2. The Balaban J connectivity index is 1.81. The SMILES string of the molecule is CCCCNC(=O)[C@H](Cc1ccccc1)N(Cc1cccc(C)c1)C(=O)CN(c1cc(Cl)cc(Cl)c1)S(=O)(=O)c1ccc(C)cc1. The second kappa shape index (κ2) is 16.1. The van der Waals surface area contributed by atoms with Crippen LogP contribution in [0.25, 0.3) is 0 Å². The van der Waals surface area contributed by atoms with Gasteiger partial charge in [0.2, 0.25) is 11.8 Å². The van der Waals surface area contributed by atoms with Crippen molar-refractivity contribution in [2.75, 3.05) is 17.4 Å². The van der Waals surface area contributed by atoms with Crippen LogP contribution in [0.5, 0.6) is 0 Å². The van der Waals surface area contributed by atoms with E-state index >= 15 is 0 Å². The molecule has 0 heterocycles. The number of halogens is 2. The van der Waals surface area contributed by atoms with Gasteiger partial charge >= 0.3 is 0 Å². The first kappa shape index (κ1) is 35.0. The summed E-state index contributed by atoms with van der Waals surface area (Å²) in [4.78, 5) is 29.9. The summed E-state index contributed by atoms with van der Waals surface area (Å²) in [6.07, 6.45) is 1.92. The van der Waals surface area contributed by atoms with Gasteiger partial charge in [-0.3, -0.25) is 13.9 Å². The molecule has 0 saturated heterocycles. The number of carbonyl (C=O) groups excluding carboxylic acids is 2. The fraction of sp³-hybridized carbons (Fsp3) is 0.278. The Labute approximate surface area is 282 Å². The number of amides is 2. The molecule has 242 valence electrons. The lowest BCUT2D eigenvalue weighted by Crippen LogP contribution is -2.53. The van der Waals surface area contributed by atoms with Crippen LogP contribution in [0.15, 0.2) is 102 Å². The summed E-state index contributed by atoms with van der Waals surface area (Å²) in [6, 6.07) is 27.0. The molecule has 4 aromatic rings. The van der Waals surface area contributed by atoms with Gasteiger partial charge in [0.25, 0.3) is 10.0 Å². The van der Waals surface area contributed by atoms with Gasteiger partial charge in [0.05, 0.1) is 10.6 Å². The van der Waals surface area contributed by atoms with E-state index in [1.165, 1.54) is 35.2 Å². The molecule has 46 heavy (non-hydrogen) atoms. The molecule has 4 aromatic carbocycles. The van der Waals surface area contributed by atoms with Gasteiger partial charge in [0.15, 0.2) is 0 Å². The van der Waals surface area contributed by atoms with Gasteiger partial charge in [-0.25, -0.2) is 8.42 Å². The summed E-state index contributed by atoms with van der Waals surface area (Å²) in [5.74, 6) is -0.864. The molecule has 0 bridgehead atoms. The number of hydrogen-bond acceptors (Lipinski definition) is 4. The van der Waals surface area contributed by atoms with E-state index in [0.717, 1.165) is 39.4 Å². The molecule has 0 aliphatic rings. The summed E-state index contributed by atoms with van der Waals surface area (Å²) >= 11 is 12.6. The number of carbonyl (C=O) groups is 2. The Morgan fingerprint density at radius 3 is 2.09 bits per heavy atom. The third-order valence-electron chi connectivity index (χ3n) is 7.56. The minimum atomic E-state index is -4.27. The van der Waals surface area contributed by atoms with Crippen molar-refractivity contribution in [3.05, 3.63) is 129 Å². The van der Waals surface area contributed by atoms with E-state index in [2.05, 4.69) is 5.32 Å². The van der Waals surface area contributed by atoms with Crippen LogP contribution < -0.4 is 9.62 Å². The molecule has 0 aliphatic carbocycles. The summed E-state index contributed by atoms with van der Waals surface area (Å²) < 4.78 is 29.4. The van der Waals surface area contributed by atoms with Gasteiger partial charge in [-0.15, -0.1) is 0 Å². The highest BCUT2D eigenvalue weighted by Gasteiger charge is 2.34. The zero-order valence-corrected chi connectivity index (χ0v) is 28.6. The number of hydrogen-bond donors (Lipinski definition) is 1. The lowest BCUT2D eigenvalue weighted by atomic mass is 10.0. The molecular formula is C36H39Cl2N3O4S. The number of unbranched alkanes of at least 4 members (excludes halogenated alkanes) is 1. The number of nitrogens with zero attached hydrogens (tertiary/aromatic N) is 2. The summed E-state index contributed by atoms with van der Waals surface area (Å²) in [6.45, 7) is 5.80. The van der Waals surface area contributed by atoms with Crippen LogP contribution in [0.1, 0.15) is 42.0 Å². The van der Waals surface area contributed by atoms with Crippen LogP contribution in [0.3, 0.4) is 0 Å². The summed E-state index contributed by atoms with van der Waals surface area (Å²) in [5.41, 5.74) is 3.69. The Hall–Kier alpha value is -3.85. The third kappa shape index (κ3) is 9.34. The third-order valence-corrected chi connectivity index (χ3v) is 9.78. The Morgan fingerprint density at radius 1 is 0.804 bits per heavy atom. The fourth-order valence-electron chi connectivity index (χ4n) is 5.12. The number of benzene rings is 4. The van der Waals surface area contributed by atoms with Crippen LogP contribution in [-0.4, -0.2) is 44.3 Å². The second-order valence-electron chi connectivity index (χ2n) is 11.3. The van der Waals surface area contributed by atoms with E-state index in [1.807, 2.05) is 75.4 Å². The molecule has 2 amide bonds. The average molecular weight is 681 g/mol. The van der Waals surface area contributed by atoms with E-state index in [4.69, 9.17) is 23.2 Å². The summed E-state index contributed by atoms with van der Waals surface area (Å²) in [5, 5.41) is 3.43. The van der Waals surface area contributed by atoms with Crippen LogP contribution in [0.2, 0.25) is 10.0 Å². The maximum Gasteiger partial charge on any atom is 0.264 e. The number of rotatable bonds is 14. The van der Waals surface area contributed by atoms with Crippen molar-refractivity contribution in [1.29, 1.82) is 0 Å². The average Bonchev–Trinajstić information content (AvgIpc) is 3.01.